The van der Waals surface area contributed by atoms with E-state index in [9.17, 15) is 0 Å². The summed E-state index contributed by atoms with van der Waals surface area (Å²) in [7, 11) is 0. The fourth-order valence-corrected chi connectivity index (χ4v) is 3.35. The Hall–Kier alpha value is -1.17. The topological polar surface area (TPSA) is 43.3 Å². The molecule has 0 fully saturated rings. The van der Waals surface area contributed by atoms with Gasteiger partial charge in [-0.25, -0.2) is 4.98 Å². The van der Waals surface area contributed by atoms with E-state index in [-0.39, 0.29) is 6.04 Å². The Bertz CT molecular complexity index is 660. The van der Waals surface area contributed by atoms with E-state index < -0.39 is 0 Å². The summed E-state index contributed by atoms with van der Waals surface area (Å²) in [6, 6.07) is 8.39. The van der Waals surface area contributed by atoms with Crippen LogP contribution in [0.2, 0.25) is 0 Å². The molecule has 0 aliphatic heterocycles. The number of hydrogen-bond acceptors (Lipinski definition) is 3. The molecule has 1 aromatic carbocycles. The second-order valence-corrected chi connectivity index (χ2v) is 6.41. The van der Waals surface area contributed by atoms with E-state index in [1.807, 2.05) is 28.1 Å². The number of nitrogens with zero attached hydrogens (tertiary/aromatic N) is 2. The van der Waals surface area contributed by atoms with Gasteiger partial charge in [-0.1, -0.05) is 28.1 Å². The Morgan fingerprint density at radius 2 is 2.26 bits per heavy atom. The summed E-state index contributed by atoms with van der Waals surface area (Å²) in [6.45, 7) is 0. The third-order valence-electron chi connectivity index (χ3n) is 3.00. The number of imidazole rings is 1. The predicted molar refractivity (Wildman–Crippen MR) is 82.6 cm³/mol. The minimum Gasteiger partial charge on any atom is -0.327 e. The Morgan fingerprint density at radius 3 is 3.05 bits per heavy atom. The molecule has 1 unspecified atom stereocenters. The van der Waals surface area contributed by atoms with E-state index in [1.165, 1.54) is 5.56 Å². The largest absolute Gasteiger partial charge is 0.327 e. The number of nitrogens with two attached hydrogens (primary N) is 1. The molecule has 0 bridgehead atoms. The normalized spacial score (nSPS) is 12.9. The Balaban J connectivity index is 1.68. The Labute approximate surface area is 124 Å². The summed E-state index contributed by atoms with van der Waals surface area (Å²) < 4.78 is 3.14. The summed E-state index contributed by atoms with van der Waals surface area (Å²) in [5.41, 5.74) is 8.53. The maximum Gasteiger partial charge on any atom is 0.193 e. The number of thiazole rings is 1. The van der Waals surface area contributed by atoms with Crippen LogP contribution in [-0.4, -0.2) is 15.4 Å². The molecular weight excluding hydrogens is 322 g/mol. The van der Waals surface area contributed by atoms with Crippen LogP contribution in [0.25, 0.3) is 4.96 Å². The van der Waals surface area contributed by atoms with Crippen molar-refractivity contribution in [2.24, 2.45) is 5.73 Å². The summed E-state index contributed by atoms with van der Waals surface area (Å²) in [4.78, 5) is 5.60. The van der Waals surface area contributed by atoms with Crippen molar-refractivity contribution in [1.29, 1.82) is 0 Å². The van der Waals surface area contributed by atoms with E-state index in [0.29, 0.717) is 0 Å². The van der Waals surface area contributed by atoms with E-state index in [1.54, 1.807) is 11.3 Å². The smallest absolute Gasteiger partial charge is 0.193 e. The maximum atomic E-state index is 6.22. The van der Waals surface area contributed by atoms with Crippen LogP contribution in [0.1, 0.15) is 11.3 Å². The number of hydrogen-bond donors (Lipinski definition) is 1. The monoisotopic (exact) mass is 335 g/mol. The first kappa shape index (κ1) is 12.8. The first-order chi connectivity index (χ1) is 9.20. The summed E-state index contributed by atoms with van der Waals surface area (Å²) in [5.74, 6) is 0. The molecule has 0 spiro atoms. The lowest BCUT2D eigenvalue weighted by Crippen LogP contribution is -2.25. The average Bonchev–Trinajstić information content (AvgIpc) is 2.89. The second-order valence-electron chi connectivity index (χ2n) is 4.62. The van der Waals surface area contributed by atoms with Gasteiger partial charge in [-0.2, -0.15) is 0 Å². The van der Waals surface area contributed by atoms with Gasteiger partial charge in [0, 0.05) is 34.7 Å². The molecule has 1 atom stereocenters. The van der Waals surface area contributed by atoms with Crippen molar-refractivity contribution >= 4 is 32.2 Å². The fraction of sp³-hybridized carbons (Fsp3) is 0.214. The molecule has 5 heteroatoms. The van der Waals surface area contributed by atoms with Gasteiger partial charge in [0.25, 0.3) is 0 Å². The van der Waals surface area contributed by atoms with Gasteiger partial charge in [0.05, 0.1) is 5.69 Å². The number of halogens is 1. The lowest BCUT2D eigenvalue weighted by molar-refractivity contribution is 0.656. The molecule has 0 saturated heterocycles. The van der Waals surface area contributed by atoms with Crippen LogP contribution in [0.5, 0.6) is 0 Å². The van der Waals surface area contributed by atoms with Gasteiger partial charge >= 0.3 is 0 Å². The summed E-state index contributed by atoms with van der Waals surface area (Å²) in [6.07, 6.45) is 5.76. The zero-order valence-electron chi connectivity index (χ0n) is 10.3. The lowest BCUT2D eigenvalue weighted by atomic mass is 10.0. The molecule has 2 heterocycles. The second kappa shape index (κ2) is 5.45. The SMILES string of the molecule is NC(Cc1cccc(Br)c1)Cc1cn2ccsc2n1. The lowest BCUT2D eigenvalue weighted by Gasteiger charge is -2.10. The Kier molecular flexibility index (Phi) is 3.68. The van der Waals surface area contributed by atoms with Crippen LogP contribution in [0.15, 0.2) is 46.5 Å². The molecule has 0 aliphatic carbocycles. The van der Waals surface area contributed by atoms with Crippen molar-refractivity contribution in [3.8, 4) is 0 Å². The minimum absolute atomic E-state index is 0.0962. The van der Waals surface area contributed by atoms with Crippen molar-refractivity contribution in [2.45, 2.75) is 18.9 Å². The number of aromatic nitrogens is 2. The van der Waals surface area contributed by atoms with Crippen molar-refractivity contribution in [3.63, 3.8) is 0 Å². The molecule has 3 nitrogen and oxygen atoms in total. The average molecular weight is 336 g/mol. The maximum absolute atomic E-state index is 6.22. The highest BCUT2D eigenvalue weighted by Crippen LogP contribution is 2.15. The van der Waals surface area contributed by atoms with Gasteiger partial charge in [0.1, 0.15) is 0 Å². The molecule has 3 aromatic rings. The molecule has 2 aromatic heterocycles. The minimum atomic E-state index is 0.0962. The van der Waals surface area contributed by atoms with Crippen LogP contribution in [0.4, 0.5) is 0 Å². The highest BCUT2D eigenvalue weighted by Gasteiger charge is 2.09. The summed E-state index contributed by atoms with van der Waals surface area (Å²) in [5, 5.41) is 2.04. The highest BCUT2D eigenvalue weighted by atomic mass is 79.9. The molecule has 3 rings (SSSR count). The van der Waals surface area contributed by atoms with Crippen molar-refractivity contribution in [2.75, 3.05) is 0 Å². The molecular formula is C14H14BrN3S. The van der Waals surface area contributed by atoms with Gasteiger partial charge in [-0.15, -0.1) is 11.3 Å². The molecule has 19 heavy (non-hydrogen) atoms. The van der Waals surface area contributed by atoms with Crippen molar-refractivity contribution in [1.82, 2.24) is 9.38 Å². The highest BCUT2D eigenvalue weighted by molar-refractivity contribution is 9.10. The van der Waals surface area contributed by atoms with E-state index in [2.05, 4.69) is 39.2 Å². The van der Waals surface area contributed by atoms with Crippen LogP contribution in [0.3, 0.4) is 0 Å². The van der Waals surface area contributed by atoms with Gasteiger partial charge in [0.2, 0.25) is 0 Å². The molecule has 0 saturated carbocycles. The molecule has 0 aliphatic rings. The zero-order valence-corrected chi connectivity index (χ0v) is 12.7. The third-order valence-corrected chi connectivity index (χ3v) is 4.27. The number of fused-ring (bicyclic) bond motifs is 1. The number of benzene rings is 1. The van der Waals surface area contributed by atoms with Crippen molar-refractivity contribution in [3.05, 3.63) is 57.8 Å². The number of rotatable bonds is 4. The third kappa shape index (κ3) is 3.05. The van der Waals surface area contributed by atoms with Gasteiger partial charge in [0.15, 0.2) is 4.96 Å². The predicted octanol–water partition coefficient (Wildman–Crippen LogP) is 3.27. The van der Waals surface area contributed by atoms with Gasteiger partial charge < -0.3 is 5.73 Å². The first-order valence-corrected chi connectivity index (χ1v) is 7.79. The first-order valence-electron chi connectivity index (χ1n) is 6.12. The van der Waals surface area contributed by atoms with E-state index in [4.69, 9.17) is 5.73 Å². The van der Waals surface area contributed by atoms with Gasteiger partial charge in [-0.3, -0.25) is 4.40 Å². The van der Waals surface area contributed by atoms with Crippen LogP contribution >= 0.6 is 27.3 Å². The van der Waals surface area contributed by atoms with Crippen LogP contribution < -0.4 is 5.73 Å². The summed E-state index contributed by atoms with van der Waals surface area (Å²) >= 11 is 5.13. The van der Waals surface area contributed by atoms with E-state index in [0.717, 1.165) is 28.0 Å². The zero-order chi connectivity index (χ0) is 13.2. The van der Waals surface area contributed by atoms with Crippen LogP contribution in [0, 0.1) is 0 Å². The quantitative estimate of drug-likeness (QED) is 0.795. The molecule has 0 amide bonds. The molecule has 0 radical (unpaired) electrons. The van der Waals surface area contributed by atoms with E-state index >= 15 is 0 Å². The standard InChI is InChI=1S/C14H14BrN3S/c15-11-3-1-2-10(6-11)7-12(16)8-13-9-18-4-5-19-14(18)17-13/h1-6,9,12H,7-8,16H2. The van der Waals surface area contributed by atoms with Gasteiger partial charge in [-0.05, 0) is 24.1 Å². The van der Waals surface area contributed by atoms with Crippen LogP contribution in [-0.2, 0) is 12.8 Å². The Morgan fingerprint density at radius 1 is 1.37 bits per heavy atom. The van der Waals surface area contributed by atoms with Crippen molar-refractivity contribution < 1.29 is 0 Å². The molecule has 98 valence electrons. The fourth-order valence-electron chi connectivity index (χ4n) is 2.18. The molecule has 2 N–H and O–H groups in total.